The molecule has 1 aromatic carbocycles. The van der Waals surface area contributed by atoms with E-state index in [0.717, 1.165) is 6.54 Å². The van der Waals surface area contributed by atoms with Crippen LogP contribution in [0.5, 0.6) is 0 Å². The molecule has 1 heteroatoms. The van der Waals surface area contributed by atoms with Crippen LogP contribution in [0.15, 0.2) is 24.3 Å². The lowest BCUT2D eigenvalue weighted by Crippen LogP contribution is -2.29. The maximum atomic E-state index is 2.58. The molecule has 1 heterocycles. The van der Waals surface area contributed by atoms with Gasteiger partial charge in [-0.2, -0.15) is 0 Å². The Bertz CT molecular complexity index is 287. The van der Waals surface area contributed by atoms with Crippen LogP contribution in [0.2, 0.25) is 0 Å². The smallest absolute Gasteiger partial charge is 0.0236 e. The summed E-state index contributed by atoms with van der Waals surface area (Å²) in [5.74, 6) is 0. The van der Waals surface area contributed by atoms with Crippen LogP contribution in [-0.4, -0.2) is 18.0 Å². The van der Waals surface area contributed by atoms with Gasteiger partial charge in [-0.25, -0.2) is 0 Å². The van der Waals surface area contributed by atoms with Gasteiger partial charge in [-0.1, -0.05) is 44.5 Å². The molecule has 1 aliphatic rings. The van der Waals surface area contributed by atoms with Crippen molar-refractivity contribution in [1.82, 2.24) is 4.90 Å². The van der Waals surface area contributed by atoms with Crippen molar-refractivity contribution in [2.45, 2.75) is 46.6 Å². The zero-order valence-electron chi connectivity index (χ0n) is 11.0. The van der Waals surface area contributed by atoms with E-state index in [4.69, 9.17) is 0 Å². The first-order valence-electron chi connectivity index (χ1n) is 6.63. The molecule has 1 aromatic rings. The summed E-state index contributed by atoms with van der Waals surface area (Å²) in [6.07, 6.45) is 4.18. The van der Waals surface area contributed by atoms with Crippen LogP contribution in [0, 0.1) is 6.92 Å². The van der Waals surface area contributed by atoms with E-state index in [2.05, 4.69) is 36.1 Å². The van der Waals surface area contributed by atoms with E-state index in [-0.39, 0.29) is 0 Å². The average molecular weight is 219 g/mol. The molecule has 0 unspecified atom stereocenters. The predicted octanol–water partition coefficient (Wildman–Crippen LogP) is 4.01. The highest BCUT2D eigenvalue weighted by atomic mass is 15.1. The van der Waals surface area contributed by atoms with E-state index in [9.17, 15) is 0 Å². The van der Waals surface area contributed by atoms with Crippen molar-refractivity contribution in [1.29, 1.82) is 0 Å². The fourth-order valence-corrected chi connectivity index (χ4v) is 2.15. The van der Waals surface area contributed by atoms with Gasteiger partial charge in [-0.15, -0.1) is 0 Å². The maximum absolute atomic E-state index is 2.58. The summed E-state index contributed by atoms with van der Waals surface area (Å²) in [5.41, 5.74) is 2.92. The zero-order chi connectivity index (χ0) is 11.8. The molecule has 0 spiro atoms. The third kappa shape index (κ3) is 3.97. The first-order chi connectivity index (χ1) is 7.86. The molecule has 1 fully saturated rings. The zero-order valence-corrected chi connectivity index (χ0v) is 11.0. The van der Waals surface area contributed by atoms with E-state index in [1.165, 1.54) is 43.5 Å². The fraction of sp³-hybridized carbons (Fsp3) is 0.600. The Labute approximate surface area is 100 Å². The Morgan fingerprint density at radius 1 is 1.00 bits per heavy atom. The van der Waals surface area contributed by atoms with Crippen molar-refractivity contribution >= 4 is 0 Å². The lowest BCUT2D eigenvalue weighted by molar-refractivity contribution is 0.220. The Kier molecular flexibility index (Phi) is 6.17. The Balaban J connectivity index is 0.000000606. The fourth-order valence-electron chi connectivity index (χ4n) is 2.15. The van der Waals surface area contributed by atoms with Crippen LogP contribution < -0.4 is 0 Å². The number of hydrogen-bond acceptors (Lipinski definition) is 1. The van der Waals surface area contributed by atoms with Crippen LogP contribution in [0.1, 0.15) is 44.2 Å². The van der Waals surface area contributed by atoms with Gasteiger partial charge in [0.2, 0.25) is 0 Å². The molecule has 1 nitrogen and oxygen atoms in total. The first kappa shape index (κ1) is 13.2. The van der Waals surface area contributed by atoms with Gasteiger partial charge < -0.3 is 0 Å². The third-order valence-corrected chi connectivity index (χ3v) is 3.10. The Morgan fingerprint density at radius 3 is 2.25 bits per heavy atom. The van der Waals surface area contributed by atoms with E-state index in [1.807, 2.05) is 13.8 Å². The molecule has 0 amide bonds. The molecule has 0 radical (unpaired) electrons. The van der Waals surface area contributed by atoms with Crippen molar-refractivity contribution in [3.63, 3.8) is 0 Å². The molecule has 1 saturated heterocycles. The summed E-state index contributed by atoms with van der Waals surface area (Å²) >= 11 is 0. The highest BCUT2D eigenvalue weighted by Gasteiger charge is 2.10. The van der Waals surface area contributed by atoms with Gasteiger partial charge in [-0.3, -0.25) is 4.90 Å². The molecule has 90 valence electrons. The van der Waals surface area contributed by atoms with Crippen molar-refractivity contribution in [2.24, 2.45) is 0 Å². The second kappa shape index (κ2) is 7.45. The van der Waals surface area contributed by atoms with E-state index < -0.39 is 0 Å². The first-order valence-corrected chi connectivity index (χ1v) is 6.63. The van der Waals surface area contributed by atoms with E-state index in [1.54, 1.807) is 0 Å². The second-order valence-corrected chi connectivity index (χ2v) is 4.26. The highest BCUT2D eigenvalue weighted by Crippen LogP contribution is 2.15. The lowest BCUT2D eigenvalue weighted by atomic mass is 10.1. The topological polar surface area (TPSA) is 3.24 Å². The number of rotatable bonds is 2. The van der Waals surface area contributed by atoms with Crippen LogP contribution in [0.4, 0.5) is 0 Å². The predicted molar refractivity (Wildman–Crippen MR) is 71.7 cm³/mol. The minimum absolute atomic E-state index is 1.15. The Hall–Kier alpha value is -0.820. The number of likely N-dealkylation sites (tertiary alicyclic amines) is 1. The molecule has 16 heavy (non-hydrogen) atoms. The molecule has 2 rings (SSSR count). The molecular formula is C15H25N. The highest BCUT2D eigenvalue weighted by molar-refractivity contribution is 5.25. The van der Waals surface area contributed by atoms with Crippen molar-refractivity contribution < 1.29 is 0 Å². The molecule has 0 N–H and O–H groups in total. The van der Waals surface area contributed by atoms with Crippen molar-refractivity contribution in [3.05, 3.63) is 35.4 Å². The molecular weight excluding hydrogens is 194 g/mol. The summed E-state index contributed by atoms with van der Waals surface area (Å²) in [7, 11) is 0. The number of piperidine rings is 1. The van der Waals surface area contributed by atoms with Crippen molar-refractivity contribution in [3.8, 4) is 0 Å². The minimum Gasteiger partial charge on any atom is -0.299 e. The average Bonchev–Trinajstić information content (AvgIpc) is 2.36. The largest absolute Gasteiger partial charge is 0.299 e. The molecule has 1 aliphatic heterocycles. The number of hydrogen-bond donors (Lipinski definition) is 0. The third-order valence-electron chi connectivity index (χ3n) is 3.10. The van der Waals surface area contributed by atoms with Crippen LogP contribution in [0.25, 0.3) is 0 Å². The molecule has 0 aromatic heterocycles. The van der Waals surface area contributed by atoms with Crippen LogP contribution in [-0.2, 0) is 6.54 Å². The van der Waals surface area contributed by atoms with Gasteiger partial charge >= 0.3 is 0 Å². The van der Waals surface area contributed by atoms with Gasteiger partial charge in [0.15, 0.2) is 0 Å². The van der Waals surface area contributed by atoms with Gasteiger partial charge in [0.25, 0.3) is 0 Å². The van der Waals surface area contributed by atoms with E-state index in [0.29, 0.717) is 0 Å². The summed E-state index contributed by atoms with van der Waals surface area (Å²) in [6, 6.07) is 8.73. The number of nitrogens with zero attached hydrogens (tertiary/aromatic N) is 1. The van der Waals surface area contributed by atoms with Gasteiger partial charge in [0.05, 0.1) is 0 Å². The van der Waals surface area contributed by atoms with Crippen LogP contribution >= 0.6 is 0 Å². The second-order valence-electron chi connectivity index (χ2n) is 4.26. The molecule has 0 bridgehead atoms. The van der Waals surface area contributed by atoms with Crippen molar-refractivity contribution in [2.75, 3.05) is 13.1 Å². The normalized spacial score (nSPS) is 16.4. The standard InChI is InChI=1S/C13H19N.C2H6/c1-12-7-3-4-8-13(12)11-14-9-5-2-6-10-14;1-2/h3-4,7-8H,2,5-6,9-11H2,1H3;1-2H3. The number of benzene rings is 1. The van der Waals surface area contributed by atoms with Crippen LogP contribution in [0.3, 0.4) is 0 Å². The van der Waals surface area contributed by atoms with Gasteiger partial charge in [0, 0.05) is 6.54 Å². The summed E-state index contributed by atoms with van der Waals surface area (Å²) in [4.78, 5) is 2.58. The van der Waals surface area contributed by atoms with Gasteiger partial charge in [-0.05, 0) is 44.0 Å². The SMILES string of the molecule is CC.Cc1ccccc1CN1CCCCC1. The van der Waals surface area contributed by atoms with Gasteiger partial charge in [0.1, 0.15) is 0 Å². The molecule has 0 aliphatic carbocycles. The van der Waals surface area contributed by atoms with E-state index >= 15 is 0 Å². The molecule has 0 saturated carbocycles. The summed E-state index contributed by atoms with van der Waals surface area (Å²) in [5, 5.41) is 0. The summed E-state index contributed by atoms with van der Waals surface area (Å²) < 4.78 is 0. The summed E-state index contributed by atoms with van der Waals surface area (Å²) in [6.45, 7) is 9.93. The monoisotopic (exact) mass is 219 g/mol. The maximum Gasteiger partial charge on any atom is 0.0236 e. The minimum atomic E-state index is 1.15. The quantitative estimate of drug-likeness (QED) is 0.726. The molecule has 0 atom stereocenters. The Morgan fingerprint density at radius 2 is 1.62 bits per heavy atom. The lowest BCUT2D eigenvalue weighted by Gasteiger charge is -2.26. The number of aryl methyl sites for hydroxylation is 1.